The predicted molar refractivity (Wildman–Crippen MR) is 89.2 cm³/mol. The average molecular weight is 375 g/mol. The van der Waals surface area contributed by atoms with Crippen LogP contribution >= 0.6 is 38.9 Å². The largest absolute Gasteiger partial charge is 0.323 e. The van der Waals surface area contributed by atoms with Crippen LogP contribution in [0.5, 0.6) is 0 Å². The minimum absolute atomic E-state index is 0.168. The van der Waals surface area contributed by atoms with E-state index in [1.807, 2.05) is 0 Å². The van der Waals surface area contributed by atoms with Crippen LogP contribution in [-0.2, 0) is 0 Å². The highest BCUT2D eigenvalue weighted by Crippen LogP contribution is 2.68. The van der Waals surface area contributed by atoms with Crippen LogP contribution in [0.3, 0.4) is 0 Å². The Morgan fingerprint density at radius 1 is 1.35 bits per heavy atom. The Labute approximate surface area is 138 Å². The number of hydrogen-bond donors (Lipinski definition) is 1. The van der Waals surface area contributed by atoms with E-state index in [1.54, 1.807) is 11.3 Å². The molecule has 110 valence electrons. The average Bonchev–Trinajstić information content (AvgIpc) is 2.65. The molecule has 1 heterocycles. The van der Waals surface area contributed by atoms with E-state index in [4.69, 9.17) is 17.3 Å². The molecule has 1 nitrogen and oxygen atoms in total. The number of halogens is 2. The molecule has 20 heavy (non-hydrogen) atoms. The van der Waals surface area contributed by atoms with Gasteiger partial charge < -0.3 is 5.73 Å². The van der Waals surface area contributed by atoms with Crippen LogP contribution in [0.2, 0.25) is 4.34 Å². The summed E-state index contributed by atoms with van der Waals surface area (Å²) in [6.07, 6.45) is 8.33. The normalized spacial score (nSPS) is 44.0. The van der Waals surface area contributed by atoms with Crippen molar-refractivity contribution >= 4 is 38.9 Å². The first-order valence-corrected chi connectivity index (χ1v) is 9.58. The van der Waals surface area contributed by atoms with Crippen molar-refractivity contribution in [1.82, 2.24) is 0 Å². The number of nitrogens with two attached hydrogens (primary N) is 1. The summed E-state index contributed by atoms with van der Waals surface area (Å²) in [5.41, 5.74) is 7.66. The summed E-state index contributed by atoms with van der Waals surface area (Å²) in [5, 5.41) is 0. The Morgan fingerprint density at radius 3 is 2.50 bits per heavy atom. The lowest BCUT2D eigenvalue weighted by Gasteiger charge is -2.63. The first-order valence-electron chi connectivity index (χ1n) is 7.60. The van der Waals surface area contributed by atoms with Gasteiger partial charge in [0.05, 0.1) is 0 Å². The molecular weight excluding hydrogens is 354 g/mol. The molecule has 2 N–H and O–H groups in total. The van der Waals surface area contributed by atoms with Crippen LogP contribution in [0, 0.1) is 22.7 Å². The Bertz CT molecular complexity index is 521. The molecule has 5 rings (SSSR count). The third-order valence-electron chi connectivity index (χ3n) is 6.03. The second-order valence-corrected chi connectivity index (χ2v) is 10.4. The Balaban J connectivity index is 1.70. The van der Waals surface area contributed by atoms with Gasteiger partial charge in [-0.05, 0) is 83.2 Å². The molecule has 4 heteroatoms. The van der Waals surface area contributed by atoms with Gasteiger partial charge >= 0.3 is 0 Å². The lowest BCUT2D eigenvalue weighted by atomic mass is 9.43. The minimum atomic E-state index is 0.168. The fourth-order valence-electron chi connectivity index (χ4n) is 5.98. The second kappa shape index (κ2) is 4.47. The van der Waals surface area contributed by atoms with Crippen molar-refractivity contribution < 1.29 is 0 Å². The lowest BCUT2D eigenvalue weighted by Crippen LogP contribution is -2.54. The molecule has 3 unspecified atom stereocenters. The van der Waals surface area contributed by atoms with Crippen molar-refractivity contribution in [2.75, 3.05) is 0 Å². The zero-order valence-electron chi connectivity index (χ0n) is 11.8. The maximum atomic E-state index is 6.77. The zero-order valence-corrected chi connectivity index (χ0v) is 15.0. The quantitative estimate of drug-likeness (QED) is 0.698. The summed E-state index contributed by atoms with van der Waals surface area (Å²) >= 11 is 11.4. The standard InChI is InChI=1S/C16H21BrClNS/c1-15-4-9-2-10(5-15)7-16(6-9,8-15)13(19)12-3-11(17)14(18)20-12/h3,9-10,13H,2,4-8,19H2,1H3. The monoisotopic (exact) mass is 373 g/mol. The van der Waals surface area contributed by atoms with Crippen LogP contribution in [0.15, 0.2) is 10.5 Å². The predicted octanol–water partition coefficient (Wildman–Crippen LogP) is 5.77. The Kier molecular flexibility index (Phi) is 3.14. The van der Waals surface area contributed by atoms with Crippen molar-refractivity contribution in [3.8, 4) is 0 Å². The van der Waals surface area contributed by atoms with E-state index in [9.17, 15) is 0 Å². The first kappa shape index (κ1) is 14.0. The Morgan fingerprint density at radius 2 is 2.00 bits per heavy atom. The van der Waals surface area contributed by atoms with E-state index in [0.717, 1.165) is 20.6 Å². The molecule has 0 radical (unpaired) electrons. The van der Waals surface area contributed by atoms with Gasteiger partial charge in [0, 0.05) is 15.4 Å². The molecule has 1 aromatic heterocycles. The summed E-state index contributed by atoms with van der Waals surface area (Å²) in [6.45, 7) is 2.50. The summed E-state index contributed by atoms with van der Waals surface area (Å²) < 4.78 is 1.84. The van der Waals surface area contributed by atoms with Gasteiger partial charge in [-0.25, -0.2) is 0 Å². The molecule has 0 spiro atoms. The molecule has 4 fully saturated rings. The van der Waals surface area contributed by atoms with E-state index < -0.39 is 0 Å². The fourth-order valence-corrected chi connectivity index (χ4v) is 7.86. The molecule has 0 aliphatic heterocycles. The van der Waals surface area contributed by atoms with Crippen molar-refractivity contribution in [2.24, 2.45) is 28.4 Å². The van der Waals surface area contributed by atoms with Gasteiger partial charge in [0.25, 0.3) is 0 Å². The molecule has 4 saturated carbocycles. The van der Waals surface area contributed by atoms with E-state index in [1.165, 1.54) is 43.4 Å². The summed E-state index contributed by atoms with van der Waals surface area (Å²) in [4.78, 5) is 1.27. The maximum absolute atomic E-state index is 6.77. The van der Waals surface area contributed by atoms with Gasteiger partial charge in [-0.15, -0.1) is 11.3 Å². The zero-order chi connectivity index (χ0) is 14.1. The van der Waals surface area contributed by atoms with Crippen LogP contribution < -0.4 is 5.73 Å². The lowest BCUT2D eigenvalue weighted by molar-refractivity contribution is -0.113. The van der Waals surface area contributed by atoms with Gasteiger partial charge in [0.15, 0.2) is 0 Å². The van der Waals surface area contributed by atoms with E-state index in [0.29, 0.717) is 10.8 Å². The third kappa shape index (κ3) is 2.04. The molecule has 4 aliphatic carbocycles. The second-order valence-electron chi connectivity index (χ2n) is 7.88. The van der Waals surface area contributed by atoms with Crippen LogP contribution in [0.1, 0.15) is 56.4 Å². The molecule has 3 atom stereocenters. The number of rotatable bonds is 2. The summed E-state index contributed by atoms with van der Waals surface area (Å²) in [5.74, 6) is 1.84. The first-order chi connectivity index (χ1) is 9.39. The van der Waals surface area contributed by atoms with E-state index in [-0.39, 0.29) is 6.04 Å². The van der Waals surface area contributed by atoms with Gasteiger partial charge in [-0.1, -0.05) is 18.5 Å². The molecule has 1 aromatic rings. The van der Waals surface area contributed by atoms with Crippen molar-refractivity contribution in [3.63, 3.8) is 0 Å². The fraction of sp³-hybridized carbons (Fsp3) is 0.750. The van der Waals surface area contributed by atoms with Gasteiger partial charge in [-0.2, -0.15) is 0 Å². The summed E-state index contributed by atoms with van der Waals surface area (Å²) in [6, 6.07) is 2.32. The molecule has 4 bridgehead atoms. The minimum Gasteiger partial charge on any atom is -0.323 e. The van der Waals surface area contributed by atoms with E-state index >= 15 is 0 Å². The van der Waals surface area contributed by atoms with Crippen LogP contribution in [0.4, 0.5) is 0 Å². The Hall–Kier alpha value is 0.430. The molecule has 0 amide bonds. The SMILES string of the molecule is CC12CC3CC(C1)CC(C(N)c1cc(Br)c(Cl)s1)(C3)C2. The summed E-state index contributed by atoms with van der Waals surface area (Å²) in [7, 11) is 0. The third-order valence-corrected chi connectivity index (χ3v) is 8.59. The van der Waals surface area contributed by atoms with E-state index in [2.05, 4.69) is 28.9 Å². The highest BCUT2D eigenvalue weighted by atomic mass is 79.9. The number of hydrogen-bond acceptors (Lipinski definition) is 2. The van der Waals surface area contributed by atoms with Gasteiger partial charge in [0.1, 0.15) is 4.34 Å². The van der Waals surface area contributed by atoms with Crippen molar-refractivity contribution in [2.45, 2.75) is 51.5 Å². The smallest absolute Gasteiger partial charge is 0.107 e. The van der Waals surface area contributed by atoms with Crippen LogP contribution in [-0.4, -0.2) is 0 Å². The van der Waals surface area contributed by atoms with Crippen molar-refractivity contribution in [1.29, 1.82) is 0 Å². The van der Waals surface area contributed by atoms with Gasteiger partial charge in [-0.3, -0.25) is 0 Å². The molecule has 0 aromatic carbocycles. The maximum Gasteiger partial charge on any atom is 0.107 e. The topological polar surface area (TPSA) is 26.0 Å². The highest BCUT2D eigenvalue weighted by molar-refractivity contribution is 9.10. The molecule has 0 saturated heterocycles. The molecular formula is C16H21BrClNS. The molecule has 4 aliphatic rings. The van der Waals surface area contributed by atoms with Crippen LogP contribution in [0.25, 0.3) is 0 Å². The number of thiophene rings is 1. The van der Waals surface area contributed by atoms with Gasteiger partial charge in [0.2, 0.25) is 0 Å². The van der Waals surface area contributed by atoms with Crippen molar-refractivity contribution in [3.05, 3.63) is 19.8 Å². The highest BCUT2D eigenvalue weighted by Gasteiger charge is 2.58.